The Bertz CT molecular complexity index is 511. The van der Waals surface area contributed by atoms with Crippen LogP contribution in [0.25, 0.3) is 0 Å². The van der Waals surface area contributed by atoms with Gasteiger partial charge in [-0.25, -0.2) is 0 Å². The maximum Gasteiger partial charge on any atom is 0.311 e. The molecule has 0 unspecified atom stereocenters. The zero-order chi connectivity index (χ0) is 15.9. The standard InChI is InChI=1S/C16H25N3O3.2ClH/c1-2-3-4-5-14(18-10-8-17-9-11-18)13-6-7-16(20)15(12-13)19(21)22;;/h6-7,12,14,17,20H,2-5,8-11H2,1H3;2*1H/t14-;;/m0../s1. The van der Waals surface area contributed by atoms with Crippen molar-refractivity contribution in [1.29, 1.82) is 0 Å². The molecule has 2 N–H and O–H groups in total. The molecule has 0 aliphatic carbocycles. The number of hydrogen-bond acceptors (Lipinski definition) is 5. The number of unbranched alkanes of at least 4 members (excludes halogenated alkanes) is 2. The van der Waals surface area contributed by atoms with Gasteiger partial charge in [0.15, 0.2) is 5.75 Å². The van der Waals surface area contributed by atoms with Crippen LogP contribution in [-0.2, 0) is 0 Å². The van der Waals surface area contributed by atoms with Crippen molar-refractivity contribution in [2.45, 2.75) is 38.6 Å². The lowest BCUT2D eigenvalue weighted by molar-refractivity contribution is -0.386. The number of nitro benzene ring substituents is 1. The lowest BCUT2D eigenvalue weighted by Gasteiger charge is -2.35. The highest BCUT2D eigenvalue weighted by molar-refractivity contribution is 5.85. The molecule has 1 fully saturated rings. The molecule has 8 heteroatoms. The van der Waals surface area contributed by atoms with E-state index in [4.69, 9.17) is 0 Å². The van der Waals surface area contributed by atoms with E-state index in [0.29, 0.717) is 0 Å². The van der Waals surface area contributed by atoms with E-state index in [-0.39, 0.29) is 42.3 Å². The van der Waals surface area contributed by atoms with Crippen molar-refractivity contribution >= 4 is 30.5 Å². The number of nitrogens with one attached hydrogen (secondary N) is 1. The fourth-order valence-electron chi connectivity index (χ4n) is 3.04. The van der Waals surface area contributed by atoms with Crippen molar-refractivity contribution in [3.63, 3.8) is 0 Å². The number of aromatic hydroxyl groups is 1. The van der Waals surface area contributed by atoms with Gasteiger partial charge < -0.3 is 10.4 Å². The first-order valence-corrected chi connectivity index (χ1v) is 8.05. The Balaban J connectivity index is 0.00000264. The summed E-state index contributed by atoms with van der Waals surface area (Å²) in [7, 11) is 0. The molecule has 1 aliphatic rings. The summed E-state index contributed by atoms with van der Waals surface area (Å²) in [6.07, 6.45) is 4.43. The fraction of sp³-hybridized carbons (Fsp3) is 0.625. The molecule has 1 aliphatic heterocycles. The second kappa shape index (κ2) is 11.5. The average molecular weight is 380 g/mol. The molecule has 24 heavy (non-hydrogen) atoms. The summed E-state index contributed by atoms with van der Waals surface area (Å²) in [6.45, 7) is 5.97. The summed E-state index contributed by atoms with van der Waals surface area (Å²) in [5.41, 5.74) is 0.732. The first-order valence-electron chi connectivity index (χ1n) is 8.05. The van der Waals surface area contributed by atoms with Crippen molar-refractivity contribution in [2.24, 2.45) is 0 Å². The number of benzene rings is 1. The third kappa shape index (κ3) is 6.09. The molecule has 0 aromatic heterocycles. The van der Waals surface area contributed by atoms with Crippen LogP contribution in [-0.4, -0.2) is 41.1 Å². The predicted octanol–water partition coefficient (Wildman–Crippen LogP) is 3.67. The lowest BCUT2D eigenvalue weighted by atomic mass is 9.97. The van der Waals surface area contributed by atoms with Crippen molar-refractivity contribution in [2.75, 3.05) is 26.2 Å². The number of halogens is 2. The van der Waals surface area contributed by atoms with Gasteiger partial charge >= 0.3 is 5.69 Å². The van der Waals surface area contributed by atoms with Gasteiger partial charge in [-0.1, -0.05) is 32.3 Å². The molecule has 6 nitrogen and oxygen atoms in total. The number of hydrogen-bond donors (Lipinski definition) is 2. The largest absolute Gasteiger partial charge is 0.502 e. The fourth-order valence-corrected chi connectivity index (χ4v) is 3.04. The van der Waals surface area contributed by atoms with Gasteiger partial charge in [0, 0.05) is 38.3 Å². The minimum atomic E-state index is -0.514. The maximum atomic E-state index is 11.1. The third-order valence-corrected chi connectivity index (χ3v) is 4.25. The van der Waals surface area contributed by atoms with Crippen molar-refractivity contribution < 1.29 is 10.0 Å². The number of nitrogens with zero attached hydrogens (tertiary/aromatic N) is 2. The molecule has 138 valence electrons. The molecule has 1 aromatic rings. The van der Waals surface area contributed by atoms with Crippen LogP contribution in [0.15, 0.2) is 18.2 Å². The summed E-state index contributed by atoms with van der Waals surface area (Å²) in [5, 5.41) is 24.0. The van der Waals surface area contributed by atoms with E-state index in [0.717, 1.165) is 51.0 Å². The third-order valence-electron chi connectivity index (χ3n) is 4.25. The second-order valence-electron chi connectivity index (χ2n) is 5.80. The molecule has 1 atom stereocenters. The Morgan fingerprint density at radius 3 is 2.54 bits per heavy atom. The van der Waals surface area contributed by atoms with E-state index in [1.54, 1.807) is 0 Å². The Kier molecular flexibility index (Phi) is 11.0. The van der Waals surface area contributed by atoms with Gasteiger partial charge in [0.2, 0.25) is 0 Å². The molecule has 0 saturated carbocycles. The van der Waals surface area contributed by atoms with Gasteiger partial charge in [0.25, 0.3) is 0 Å². The monoisotopic (exact) mass is 379 g/mol. The number of phenolic OH excluding ortho intramolecular Hbond substituents is 1. The predicted molar refractivity (Wildman–Crippen MR) is 101 cm³/mol. The Hall–Kier alpha value is -1.08. The van der Waals surface area contributed by atoms with Gasteiger partial charge in [-0.15, -0.1) is 24.8 Å². The summed E-state index contributed by atoms with van der Waals surface area (Å²) in [5.74, 6) is -0.263. The molecule has 1 heterocycles. The summed E-state index contributed by atoms with van der Waals surface area (Å²) in [6, 6.07) is 4.99. The second-order valence-corrected chi connectivity index (χ2v) is 5.80. The zero-order valence-corrected chi connectivity index (χ0v) is 15.6. The molecule has 2 rings (SSSR count). The molecule has 1 aromatic carbocycles. The van der Waals surface area contributed by atoms with Crippen LogP contribution in [0.1, 0.15) is 44.2 Å². The van der Waals surface area contributed by atoms with Crippen LogP contribution in [0.2, 0.25) is 0 Å². The van der Waals surface area contributed by atoms with Crippen molar-refractivity contribution in [3.05, 3.63) is 33.9 Å². The van der Waals surface area contributed by atoms with Crippen LogP contribution in [0.3, 0.4) is 0 Å². The highest BCUT2D eigenvalue weighted by Crippen LogP contribution is 2.33. The zero-order valence-electron chi connectivity index (χ0n) is 13.9. The van der Waals surface area contributed by atoms with Crippen molar-refractivity contribution in [3.8, 4) is 5.75 Å². The van der Waals surface area contributed by atoms with Crippen LogP contribution in [0.5, 0.6) is 5.75 Å². The van der Waals surface area contributed by atoms with Crippen LogP contribution in [0.4, 0.5) is 5.69 Å². The van der Waals surface area contributed by atoms with E-state index in [1.165, 1.54) is 18.6 Å². The van der Waals surface area contributed by atoms with E-state index in [9.17, 15) is 15.2 Å². The summed E-state index contributed by atoms with van der Waals surface area (Å²) in [4.78, 5) is 12.9. The highest BCUT2D eigenvalue weighted by atomic mass is 35.5. The molecule has 0 spiro atoms. The molecular formula is C16H27Cl2N3O3. The smallest absolute Gasteiger partial charge is 0.311 e. The topological polar surface area (TPSA) is 78.6 Å². The first-order chi connectivity index (χ1) is 10.6. The molecule has 0 amide bonds. The molecule has 1 saturated heterocycles. The first kappa shape index (κ1) is 22.9. The van der Waals surface area contributed by atoms with Crippen molar-refractivity contribution in [1.82, 2.24) is 10.2 Å². The minimum absolute atomic E-state index is 0. The summed E-state index contributed by atoms with van der Waals surface area (Å²) < 4.78 is 0. The quantitative estimate of drug-likeness (QED) is 0.429. The van der Waals surface area contributed by atoms with Crippen LogP contribution < -0.4 is 5.32 Å². The molecule has 0 radical (unpaired) electrons. The van der Waals surface area contributed by atoms with E-state index < -0.39 is 4.92 Å². The molecule has 0 bridgehead atoms. The number of piperazine rings is 1. The average Bonchev–Trinajstić information content (AvgIpc) is 2.53. The lowest BCUT2D eigenvalue weighted by Crippen LogP contribution is -2.45. The molecular weight excluding hydrogens is 353 g/mol. The van der Waals surface area contributed by atoms with E-state index in [2.05, 4.69) is 17.1 Å². The minimum Gasteiger partial charge on any atom is -0.502 e. The van der Waals surface area contributed by atoms with E-state index >= 15 is 0 Å². The Morgan fingerprint density at radius 1 is 1.29 bits per heavy atom. The van der Waals surface area contributed by atoms with Gasteiger partial charge in [-0.05, 0) is 18.1 Å². The van der Waals surface area contributed by atoms with Crippen LogP contribution in [0, 0.1) is 10.1 Å². The SMILES string of the molecule is CCCCC[C@@H](c1ccc(O)c([N+](=O)[O-])c1)N1CCNCC1.Cl.Cl. The van der Waals surface area contributed by atoms with Gasteiger partial charge in [0.05, 0.1) is 4.92 Å². The van der Waals surface area contributed by atoms with Crippen LogP contribution >= 0.6 is 24.8 Å². The number of phenols is 1. The van der Waals surface area contributed by atoms with E-state index in [1.807, 2.05) is 6.07 Å². The van der Waals surface area contributed by atoms with Gasteiger partial charge in [-0.3, -0.25) is 15.0 Å². The maximum absolute atomic E-state index is 11.1. The Labute approximate surface area is 155 Å². The summed E-state index contributed by atoms with van der Waals surface area (Å²) >= 11 is 0. The van der Waals surface area contributed by atoms with Gasteiger partial charge in [-0.2, -0.15) is 0 Å². The van der Waals surface area contributed by atoms with Gasteiger partial charge in [0.1, 0.15) is 0 Å². The normalized spacial score (nSPS) is 15.9. The Morgan fingerprint density at radius 2 is 1.96 bits per heavy atom. The number of rotatable bonds is 7. The highest BCUT2D eigenvalue weighted by Gasteiger charge is 2.24. The number of nitro groups is 1.